The summed E-state index contributed by atoms with van der Waals surface area (Å²) in [7, 11) is 3.19. The fraction of sp³-hybridized carbons (Fsp3) is 0.200. The second-order valence-corrected chi connectivity index (χ2v) is 7.66. The molecule has 29 heavy (non-hydrogen) atoms. The van der Waals surface area contributed by atoms with Gasteiger partial charge in [0, 0.05) is 30.1 Å². The van der Waals surface area contributed by atoms with E-state index in [4.69, 9.17) is 4.74 Å². The number of fused-ring (bicyclic) bond motifs is 2. The first-order valence-electron chi connectivity index (χ1n) is 8.82. The summed E-state index contributed by atoms with van der Waals surface area (Å²) >= 11 is 1.16. The van der Waals surface area contributed by atoms with Crippen molar-refractivity contribution in [3.63, 3.8) is 0 Å². The Hall–Kier alpha value is -3.46. The van der Waals surface area contributed by atoms with Crippen molar-refractivity contribution in [1.82, 2.24) is 19.9 Å². The van der Waals surface area contributed by atoms with Gasteiger partial charge in [0.2, 0.25) is 0 Å². The van der Waals surface area contributed by atoms with Gasteiger partial charge < -0.3 is 19.6 Å². The van der Waals surface area contributed by atoms with Crippen LogP contribution in [-0.2, 0) is 13.6 Å². The average molecular weight is 410 g/mol. The molecule has 3 aromatic heterocycles. The lowest BCUT2D eigenvalue weighted by Gasteiger charge is -2.07. The van der Waals surface area contributed by atoms with Crippen LogP contribution in [0, 0.1) is 6.92 Å². The molecule has 8 nitrogen and oxygen atoms in total. The molecule has 4 rings (SSSR count). The van der Waals surface area contributed by atoms with Gasteiger partial charge in [-0.05, 0) is 36.8 Å². The number of hydrogen-bond acceptors (Lipinski definition) is 6. The number of amides is 1. The summed E-state index contributed by atoms with van der Waals surface area (Å²) in [6, 6.07) is 7.08. The molecule has 0 atom stereocenters. The number of nitrogens with one attached hydrogen (secondary N) is 2. The SMILES string of the molecule is COc1ccc2[nH]c(=O)c(CNC(=O)c3sc4ncn(C)c(=O)c4c3C)cc2c1. The fourth-order valence-corrected chi connectivity index (χ4v) is 4.23. The molecule has 2 N–H and O–H groups in total. The van der Waals surface area contributed by atoms with Crippen LogP contribution in [0.1, 0.15) is 20.8 Å². The maximum absolute atomic E-state index is 12.7. The second kappa shape index (κ2) is 7.17. The third kappa shape index (κ3) is 3.29. The Morgan fingerprint density at radius 1 is 1.31 bits per heavy atom. The largest absolute Gasteiger partial charge is 0.497 e. The van der Waals surface area contributed by atoms with E-state index in [1.807, 2.05) is 6.07 Å². The summed E-state index contributed by atoms with van der Waals surface area (Å²) in [6.45, 7) is 1.78. The number of H-pyrrole nitrogens is 1. The zero-order chi connectivity index (χ0) is 20.7. The molecule has 0 saturated carbocycles. The molecule has 0 aliphatic carbocycles. The van der Waals surface area contributed by atoms with Crippen molar-refractivity contribution in [2.75, 3.05) is 7.11 Å². The van der Waals surface area contributed by atoms with Gasteiger partial charge in [0.1, 0.15) is 10.6 Å². The van der Waals surface area contributed by atoms with Gasteiger partial charge in [-0.1, -0.05) is 0 Å². The minimum absolute atomic E-state index is 0.0560. The quantitative estimate of drug-likeness (QED) is 0.536. The van der Waals surface area contributed by atoms with Gasteiger partial charge in [0.15, 0.2) is 0 Å². The molecule has 3 heterocycles. The zero-order valence-corrected chi connectivity index (χ0v) is 16.8. The lowest BCUT2D eigenvalue weighted by Crippen LogP contribution is -2.26. The Kier molecular flexibility index (Phi) is 4.67. The first kappa shape index (κ1) is 18.9. The topological polar surface area (TPSA) is 106 Å². The highest BCUT2D eigenvalue weighted by Gasteiger charge is 2.19. The van der Waals surface area contributed by atoms with Gasteiger partial charge >= 0.3 is 0 Å². The number of ether oxygens (including phenoxy) is 1. The van der Waals surface area contributed by atoms with E-state index in [9.17, 15) is 14.4 Å². The smallest absolute Gasteiger partial charge is 0.262 e. The van der Waals surface area contributed by atoms with Gasteiger partial charge in [-0.3, -0.25) is 14.4 Å². The highest BCUT2D eigenvalue weighted by Crippen LogP contribution is 2.26. The minimum atomic E-state index is -0.349. The number of aromatic nitrogens is 3. The Balaban J connectivity index is 1.63. The van der Waals surface area contributed by atoms with E-state index in [-0.39, 0.29) is 23.6 Å². The monoisotopic (exact) mass is 410 g/mol. The molecule has 0 fully saturated rings. The molecule has 148 valence electrons. The number of thiophene rings is 1. The molecule has 0 saturated heterocycles. The molecule has 0 aliphatic heterocycles. The number of aryl methyl sites for hydroxylation is 2. The molecule has 0 radical (unpaired) electrons. The van der Waals surface area contributed by atoms with Gasteiger partial charge in [0.05, 0.1) is 23.7 Å². The third-order valence-electron chi connectivity index (χ3n) is 4.78. The molecule has 0 aliphatic rings. The fourth-order valence-electron chi connectivity index (χ4n) is 3.17. The summed E-state index contributed by atoms with van der Waals surface area (Å²) in [5.41, 5.74) is 1.24. The van der Waals surface area contributed by atoms with Gasteiger partial charge in [-0.25, -0.2) is 4.98 Å². The van der Waals surface area contributed by atoms with Crippen LogP contribution < -0.4 is 21.2 Å². The van der Waals surface area contributed by atoms with Crippen molar-refractivity contribution in [1.29, 1.82) is 0 Å². The van der Waals surface area contributed by atoms with E-state index in [2.05, 4.69) is 15.3 Å². The number of carbonyl (C=O) groups excluding carboxylic acids is 1. The van der Waals surface area contributed by atoms with E-state index in [1.54, 1.807) is 39.3 Å². The average Bonchev–Trinajstić information content (AvgIpc) is 3.05. The van der Waals surface area contributed by atoms with Crippen LogP contribution in [0.5, 0.6) is 5.75 Å². The highest BCUT2D eigenvalue weighted by atomic mass is 32.1. The third-order valence-corrected chi connectivity index (χ3v) is 5.98. The molecule has 1 amide bonds. The van der Waals surface area contributed by atoms with Crippen molar-refractivity contribution < 1.29 is 9.53 Å². The number of benzene rings is 1. The summed E-state index contributed by atoms with van der Waals surface area (Å²) in [4.78, 5) is 45.3. The number of methoxy groups -OCH3 is 1. The first-order valence-corrected chi connectivity index (χ1v) is 9.63. The molecule has 0 spiro atoms. The highest BCUT2D eigenvalue weighted by molar-refractivity contribution is 7.20. The number of nitrogens with zero attached hydrogens (tertiary/aromatic N) is 2. The number of carbonyl (C=O) groups is 1. The number of aromatic amines is 1. The Morgan fingerprint density at radius 2 is 2.10 bits per heavy atom. The molecule has 1 aromatic carbocycles. The van der Waals surface area contributed by atoms with Gasteiger partial charge in [-0.15, -0.1) is 11.3 Å². The van der Waals surface area contributed by atoms with Crippen LogP contribution in [0.25, 0.3) is 21.1 Å². The number of rotatable bonds is 4. The summed E-state index contributed by atoms with van der Waals surface area (Å²) in [5, 5.41) is 4.02. The lowest BCUT2D eigenvalue weighted by atomic mass is 10.1. The first-order chi connectivity index (χ1) is 13.9. The van der Waals surface area contributed by atoms with Crippen LogP contribution in [0.3, 0.4) is 0 Å². The van der Waals surface area contributed by atoms with Gasteiger partial charge in [-0.2, -0.15) is 0 Å². The minimum Gasteiger partial charge on any atom is -0.497 e. The van der Waals surface area contributed by atoms with E-state index >= 15 is 0 Å². The summed E-state index contributed by atoms with van der Waals surface area (Å²) in [6.07, 6.45) is 1.44. The predicted molar refractivity (Wildman–Crippen MR) is 112 cm³/mol. The van der Waals surface area contributed by atoms with Crippen molar-refractivity contribution in [2.24, 2.45) is 7.05 Å². The van der Waals surface area contributed by atoms with Crippen LogP contribution in [-0.4, -0.2) is 27.6 Å². The number of hydrogen-bond donors (Lipinski definition) is 2. The standard InChI is InChI=1S/C20H18N4O4S/c1-10-15-19(22-9-24(2)20(15)27)29-16(10)18(26)21-8-12-6-11-7-13(28-3)4-5-14(11)23-17(12)25/h4-7,9H,8H2,1-3H3,(H,21,26)(H,23,25). The molecule has 9 heteroatoms. The van der Waals surface area contributed by atoms with E-state index in [0.29, 0.717) is 37.5 Å². The van der Waals surface area contributed by atoms with Crippen LogP contribution in [0.15, 0.2) is 40.2 Å². The van der Waals surface area contributed by atoms with Crippen molar-refractivity contribution in [3.05, 3.63) is 67.3 Å². The van der Waals surface area contributed by atoms with Crippen LogP contribution in [0.4, 0.5) is 0 Å². The van der Waals surface area contributed by atoms with Crippen molar-refractivity contribution in [2.45, 2.75) is 13.5 Å². The van der Waals surface area contributed by atoms with Gasteiger partial charge in [0.25, 0.3) is 17.0 Å². The van der Waals surface area contributed by atoms with E-state index in [1.165, 1.54) is 10.9 Å². The van der Waals surface area contributed by atoms with Crippen LogP contribution >= 0.6 is 11.3 Å². The van der Waals surface area contributed by atoms with Crippen molar-refractivity contribution >= 4 is 38.4 Å². The molecular formula is C20H18N4O4S. The van der Waals surface area contributed by atoms with Crippen LogP contribution in [0.2, 0.25) is 0 Å². The number of pyridine rings is 1. The molecule has 0 bridgehead atoms. The van der Waals surface area contributed by atoms with E-state index < -0.39 is 0 Å². The Labute approximate surface area is 168 Å². The summed E-state index contributed by atoms with van der Waals surface area (Å²) < 4.78 is 6.60. The normalized spacial score (nSPS) is 11.1. The maximum atomic E-state index is 12.7. The van der Waals surface area contributed by atoms with E-state index in [0.717, 1.165) is 16.7 Å². The van der Waals surface area contributed by atoms with Crippen molar-refractivity contribution in [3.8, 4) is 5.75 Å². The Morgan fingerprint density at radius 3 is 2.86 bits per heavy atom. The maximum Gasteiger partial charge on any atom is 0.262 e. The second-order valence-electron chi connectivity index (χ2n) is 6.66. The molecule has 0 unspecified atom stereocenters. The molecular weight excluding hydrogens is 392 g/mol. The lowest BCUT2D eigenvalue weighted by molar-refractivity contribution is 0.0954. The Bertz CT molecular complexity index is 1380. The summed E-state index contributed by atoms with van der Waals surface area (Å²) in [5.74, 6) is 0.326. The zero-order valence-electron chi connectivity index (χ0n) is 16.0. The predicted octanol–water partition coefficient (Wildman–Crippen LogP) is 2.08. The molecule has 4 aromatic rings.